The number of methoxy groups -OCH3 is 1. The van der Waals surface area contributed by atoms with Crippen LogP contribution >= 0.6 is 0 Å². The smallest absolute Gasteiger partial charge is 0.406 e. The van der Waals surface area contributed by atoms with Gasteiger partial charge in [-0.05, 0) is 38.5 Å². The molecule has 2 aliphatic carbocycles. The second kappa shape index (κ2) is 20.9. The van der Waals surface area contributed by atoms with Crippen LogP contribution in [-0.4, -0.2) is 106 Å². The lowest BCUT2D eigenvalue weighted by atomic mass is 9.76. The van der Waals surface area contributed by atoms with Gasteiger partial charge in [0, 0.05) is 63.5 Å². The minimum absolute atomic E-state index is 0.107. The number of aliphatic hydroxyl groups is 3. The van der Waals surface area contributed by atoms with Crippen molar-refractivity contribution in [1.82, 2.24) is 21.3 Å². The van der Waals surface area contributed by atoms with Crippen molar-refractivity contribution in [3.8, 4) is 0 Å². The first-order valence-electron chi connectivity index (χ1n) is 16.0. The van der Waals surface area contributed by atoms with Gasteiger partial charge in [-0.1, -0.05) is 42.0 Å². The van der Waals surface area contributed by atoms with Crippen LogP contribution in [0, 0.1) is 29.6 Å². The lowest BCUT2D eigenvalue weighted by molar-refractivity contribution is -0.122. The molecule has 0 radical (unpaired) electrons. The summed E-state index contributed by atoms with van der Waals surface area (Å²) in [4.78, 5) is 36.3. The van der Waals surface area contributed by atoms with Crippen molar-refractivity contribution in [2.45, 2.75) is 51.9 Å². The fraction of sp³-hybridized carbons (Fsp3) is 0.667. The van der Waals surface area contributed by atoms with Gasteiger partial charge in [0.15, 0.2) is 0 Å². The van der Waals surface area contributed by atoms with Crippen LogP contribution in [0.25, 0.3) is 0 Å². The fourth-order valence-electron chi connectivity index (χ4n) is 5.84. The molecule has 3 amide bonds. The molecule has 1 fully saturated rings. The molecule has 13 heteroatoms. The Morgan fingerprint density at radius 3 is 2.50 bits per heavy atom. The predicted molar refractivity (Wildman–Crippen MR) is 173 cm³/mol. The maximum Gasteiger partial charge on any atom is 0.406 e. The van der Waals surface area contributed by atoms with Crippen LogP contribution < -0.4 is 21.3 Å². The summed E-state index contributed by atoms with van der Waals surface area (Å²) >= 11 is 0. The Morgan fingerprint density at radius 1 is 1.11 bits per heavy atom. The Morgan fingerprint density at radius 2 is 1.83 bits per heavy atom. The molecule has 1 saturated carbocycles. The van der Waals surface area contributed by atoms with Crippen molar-refractivity contribution in [3.63, 3.8) is 0 Å². The van der Waals surface area contributed by atoms with Gasteiger partial charge in [0.1, 0.15) is 12.8 Å². The second-order valence-electron chi connectivity index (χ2n) is 11.7. The SMILES string of the molecule is C=C1C(COC(=O)NC)C2=CC=CC(C(O)NCCOC(C)C(CO)CO)C2C1C/C=C(\C)NC(=O)CCCC(=O)NCCOC. The minimum atomic E-state index is -0.916. The highest BCUT2D eigenvalue weighted by molar-refractivity contribution is 5.79. The number of fused-ring (bicyclic) bond motifs is 1. The first kappa shape index (κ1) is 39.1. The minimum Gasteiger partial charge on any atom is -0.449 e. The molecule has 6 atom stereocenters. The van der Waals surface area contributed by atoms with Gasteiger partial charge < -0.3 is 45.5 Å². The van der Waals surface area contributed by atoms with Crippen molar-refractivity contribution in [2.24, 2.45) is 29.6 Å². The number of hydrogen-bond donors (Lipinski definition) is 7. The molecule has 0 aromatic heterocycles. The van der Waals surface area contributed by atoms with E-state index in [0.29, 0.717) is 38.2 Å². The second-order valence-corrected chi connectivity index (χ2v) is 11.7. The third kappa shape index (κ3) is 12.3. The summed E-state index contributed by atoms with van der Waals surface area (Å²) in [6.45, 7) is 9.22. The quantitative estimate of drug-likeness (QED) is 0.0539. The highest BCUT2D eigenvalue weighted by Crippen LogP contribution is 2.52. The highest BCUT2D eigenvalue weighted by Gasteiger charge is 2.47. The molecule has 0 spiro atoms. The summed E-state index contributed by atoms with van der Waals surface area (Å²) in [5.41, 5.74) is 2.58. The number of ether oxygens (including phenoxy) is 3. The number of carbonyl (C=O) groups excluding carboxylic acids is 3. The van der Waals surface area contributed by atoms with E-state index in [9.17, 15) is 29.7 Å². The number of hydrogen-bond acceptors (Lipinski definition) is 10. The molecule has 0 aliphatic heterocycles. The van der Waals surface area contributed by atoms with Crippen LogP contribution in [0.2, 0.25) is 0 Å². The van der Waals surface area contributed by atoms with Gasteiger partial charge in [0.05, 0.1) is 32.5 Å². The summed E-state index contributed by atoms with van der Waals surface area (Å²) in [6.07, 6.45) is 7.40. The van der Waals surface area contributed by atoms with Crippen LogP contribution in [0.3, 0.4) is 0 Å². The van der Waals surface area contributed by atoms with Crippen molar-refractivity contribution in [3.05, 3.63) is 47.7 Å². The molecular formula is C33H54N4O9. The third-order valence-corrected chi connectivity index (χ3v) is 8.55. The Bertz CT molecular complexity index is 1090. The van der Waals surface area contributed by atoms with E-state index in [1.165, 1.54) is 7.05 Å². The first-order chi connectivity index (χ1) is 22.1. The van der Waals surface area contributed by atoms with E-state index in [-0.39, 0.29) is 86.8 Å². The van der Waals surface area contributed by atoms with Crippen molar-refractivity contribution >= 4 is 17.9 Å². The van der Waals surface area contributed by atoms with Crippen LogP contribution in [-0.2, 0) is 23.8 Å². The molecule has 6 unspecified atom stereocenters. The zero-order chi connectivity index (χ0) is 34.1. The Hall–Kier alpha value is -3.07. The molecule has 0 bridgehead atoms. The number of nitrogens with one attached hydrogen (secondary N) is 4. The topological polar surface area (TPSA) is 188 Å². The lowest BCUT2D eigenvalue weighted by Gasteiger charge is -2.33. The maximum atomic E-state index is 12.5. The number of alkyl carbamates (subject to hydrolysis) is 1. The molecule has 260 valence electrons. The summed E-state index contributed by atoms with van der Waals surface area (Å²) in [6, 6.07) is 0. The highest BCUT2D eigenvalue weighted by atomic mass is 16.5. The van der Waals surface area contributed by atoms with Crippen LogP contribution in [0.5, 0.6) is 0 Å². The molecule has 2 rings (SSSR count). The van der Waals surface area contributed by atoms with E-state index in [4.69, 9.17) is 14.2 Å². The van der Waals surface area contributed by atoms with Gasteiger partial charge in [-0.2, -0.15) is 0 Å². The largest absolute Gasteiger partial charge is 0.449 e. The van der Waals surface area contributed by atoms with Gasteiger partial charge in [-0.25, -0.2) is 4.79 Å². The molecule has 46 heavy (non-hydrogen) atoms. The summed E-state index contributed by atoms with van der Waals surface area (Å²) in [5.74, 6) is -1.47. The predicted octanol–water partition coefficient (Wildman–Crippen LogP) is 1.13. The Balaban J connectivity index is 2.05. The normalized spacial score (nSPS) is 22.2. The molecule has 0 heterocycles. The third-order valence-electron chi connectivity index (χ3n) is 8.55. The molecule has 0 aromatic rings. The zero-order valence-electron chi connectivity index (χ0n) is 27.6. The summed E-state index contributed by atoms with van der Waals surface area (Å²) < 4.78 is 16.1. The number of rotatable bonds is 21. The molecule has 2 aliphatic rings. The van der Waals surface area contributed by atoms with Crippen LogP contribution in [0.1, 0.15) is 39.5 Å². The van der Waals surface area contributed by atoms with E-state index in [1.807, 2.05) is 31.2 Å². The number of aliphatic hydroxyl groups excluding tert-OH is 3. The molecular weight excluding hydrogens is 596 g/mol. The summed E-state index contributed by atoms with van der Waals surface area (Å²) in [7, 11) is 3.06. The van der Waals surface area contributed by atoms with Crippen LogP contribution in [0.4, 0.5) is 4.79 Å². The monoisotopic (exact) mass is 650 g/mol. The summed E-state index contributed by atoms with van der Waals surface area (Å²) in [5, 5.41) is 41.2. The standard InChI is InChI=1S/C33H54N4O9/c1-21(37-30(41)11-7-10-29(40)35-14-16-44-5)12-13-25-22(2)28(20-46-33(43)34-4)26-8-6-9-27(31(25)26)32(42)36-15-17-45-23(3)24(18-38)19-39/h6,8-9,12,23-25,27-28,31-32,36,38-39,42H,2,7,10-11,13-20H2,1,3-5H3,(H,34,43)(H,35,40)(H,37,41)/b21-12+. The van der Waals surface area contributed by atoms with Gasteiger partial charge in [0.25, 0.3) is 0 Å². The van der Waals surface area contributed by atoms with Gasteiger partial charge >= 0.3 is 6.09 Å². The first-order valence-corrected chi connectivity index (χ1v) is 16.0. The fourth-order valence-corrected chi connectivity index (χ4v) is 5.84. The number of amides is 3. The van der Waals surface area contributed by atoms with E-state index in [1.54, 1.807) is 14.0 Å². The van der Waals surface area contributed by atoms with Gasteiger partial charge in [-0.3, -0.25) is 14.9 Å². The van der Waals surface area contributed by atoms with Crippen molar-refractivity contribution < 1.29 is 43.9 Å². The van der Waals surface area contributed by atoms with Crippen molar-refractivity contribution in [2.75, 3.05) is 60.3 Å². The van der Waals surface area contributed by atoms with E-state index < -0.39 is 12.3 Å². The Kier molecular flexibility index (Phi) is 17.8. The zero-order valence-corrected chi connectivity index (χ0v) is 27.6. The molecule has 13 nitrogen and oxygen atoms in total. The van der Waals surface area contributed by atoms with E-state index in [0.717, 1.165) is 11.1 Å². The van der Waals surface area contributed by atoms with Crippen LogP contribution in [0.15, 0.2) is 47.7 Å². The van der Waals surface area contributed by atoms with Gasteiger partial charge in [0.2, 0.25) is 11.8 Å². The van der Waals surface area contributed by atoms with E-state index >= 15 is 0 Å². The van der Waals surface area contributed by atoms with E-state index in [2.05, 4.69) is 27.8 Å². The van der Waals surface area contributed by atoms with Gasteiger partial charge in [-0.15, -0.1) is 0 Å². The molecule has 7 N–H and O–H groups in total. The van der Waals surface area contributed by atoms with Crippen molar-refractivity contribution in [1.29, 1.82) is 0 Å². The maximum absolute atomic E-state index is 12.5. The Labute approximate surface area is 272 Å². The number of carbonyl (C=O) groups is 3. The molecule has 0 saturated heterocycles. The number of allylic oxidation sites excluding steroid dienone is 4. The average molecular weight is 651 g/mol. The lowest BCUT2D eigenvalue weighted by Crippen LogP contribution is -2.42. The molecule has 0 aromatic carbocycles. The average Bonchev–Trinajstić information content (AvgIpc) is 3.31.